The molecule has 0 aromatic heterocycles. The van der Waals surface area contributed by atoms with E-state index in [-0.39, 0.29) is 22.8 Å². The van der Waals surface area contributed by atoms with Gasteiger partial charge in [0.1, 0.15) is 0 Å². The second-order valence-corrected chi connectivity index (χ2v) is 5.20. The van der Waals surface area contributed by atoms with E-state index >= 15 is 0 Å². The van der Waals surface area contributed by atoms with E-state index in [9.17, 15) is 14.9 Å². The standard InChI is InChI=1S/C13H17ClN2O4/c1-4-20-13(2,3)8-15-12(17)10-7-9(16(18)19)5-6-11(10)14/h5-7H,4,8H2,1-3H3,(H,15,17). The van der Waals surface area contributed by atoms with Gasteiger partial charge in [0.2, 0.25) is 0 Å². The zero-order valence-electron chi connectivity index (χ0n) is 11.6. The zero-order chi connectivity index (χ0) is 15.3. The monoisotopic (exact) mass is 300 g/mol. The van der Waals surface area contributed by atoms with Crippen LogP contribution in [0.15, 0.2) is 18.2 Å². The molecule has 0 bridgehead atoms. The lowest BCUT2D eigenvalue weighted by atomic mass is 10.1. The molecule has 0 aliphatic heterocycles. The Morgan fingerprint density at radius 1 is 1.50 bits per heavy atom. The number of nitro benzene ring substituents is 1. The largest absolute Gasteiger partial charge is 0.374 e. The van der Waals surface area contributed by atoms with E-state index < -0.39 is 16.4 Å². The highest BCUT2D eigenvalue weighted by molar-refractivity contribution is 6.33. The fourth-order valence-electron chi connectivity index (χ4n) is 1.63. The van der Waals surface area contributed by atoms with Gasteiger partial charge >= 0.3 is 0 Å². The van der Waals surface area contributed by atoms with E-state index in [2.05, 4.69) is 5.32 Å². The summed E-state index contributed by atoms with van der Waals surface area (Å²) < 4.78 is 5.45. The fourth-order valence-corrected chi connectivity index (χ4v) is 1.83. The predicted molar refractivity (Wildman–Crippen MR) is 76.1 cm³/mol. The molecule has 1 aromatic rings. The molecule has 1 N–H and O–H groups in total. The number of non-ortho nitro benzene ring substituents is 1. The molecule has 0 saturated heterocycles. The van der Waals surface area contributed by atoms with Crippen molar-refractivity contribution in [2.45, 2.75) is 26.4 Å². The van der Waals surface area contributed by atoms with Gasteiger partial charge < -0.3 is 10.1 Å². The lowest BCUT2D eigenvalue weighted by Gasteiger charge is -2.24. The van der Waals surface area contributed by atoms with Gasteiger partial charge in [-0.3, -0.25) is 14.9 Å². The van der Waals surface area contributed by atoms with Gasteiger partial charge in [0, 0.05) is 25.3 Å². The van der Waals surface area contributed by atoms with Crippen LogP contribution in [0.4, 0.5) is 5.69 Å². The van der Waals surface area contributed by atoms with Gasteiger partial charge in [-0.15, -0.1) is 0 Å². The van der Waals surface area contributed by atoms with Gasteiger partial charge in [-0.05, 0) is 26.8 Å². The third kappa shape index (κ3) is 4.47. The highest BCUT2D eigenvalue weighted by Gasteiger charge is 2.21. The number of nitrogens with one attached hydrogen (secondary N) is 1. The van der Waals surface area contributed by atoms with E-state index in [0.29, 0.717) is 6.61 Å². The molecule has 0 spiro atoms. The minimum atomic E-state index is -0.572. The van der Waals surface area contributed by atoms with Crippen LogP contribution in [0.3, 0.4) is 0 Å². The molecule has 110 valence electrons. The number of ether oxygens (including phenoxy) is 1. The van der Waals surface area contributed by atoms with Gasteiger partial charge in [-0.2, -0.15) is 0 Å². The predicted octanol–water partition coefficient (Wildman–Crippen LogP) is 2.79. The Morgan fingerprint density at radius 2 is 2.15 bits per heavy atom. The van der Waals surface area contributed by atoms with Crippen molar-refractivity contribution in [3.8, 4) is 0 Å². The van der Waals surface area contributed by atoms with Crippen LogP contribution >= 0.6 is 11.6 Å². The SMILES string of the molecule is CCOC(C)(C)CNC(=O)c1cc([N+](=O)[O-])ccc1Cl. The Morgan fingerprint density at radius 3 is 2.70 bits per heavy atom. The maximum Gasteiger partial charge on any atom is 0.270 e. The molecule has 20 heavy (non-hydrogen) atoms. The number of carbonyl (C=O) groups excluding carboxylic acids is 1. The normalized spacial score (nSPS) is 11.2. The van der Waals surface area contributed by atoms with Crippen molar-refractivity contribution in [3.63, 3.8) is 0 Å². The second-order valence-electron chi connectivity index (χ2n) is 4.80. The van der Waals surface area contributed by atoms with E-state index in [1.165, 1.54) is 12.1 Å². The summed E-state index contributed by atoms with van der Waals surface area (Å²) in [5.74, 6) is -0.466. The average molecular weight is 301 g/mol. The first-order valence-corrected chi connectivity index (χ1v) is 6.50. The van der Waals surface area contributed by atoms with E-state index in [4.69, 9.17) is 16.3 Å². The molecule has 0 fully saturated rings. The van der Waals surface area contributed by atoms with Gasteiger partial charge in [-0.25, -0.2) is 0 Å². The van der Waals surface area contributed by atoms with Gasteiger partial charge in [0.05, 0.1) is 21.1 Å². The molecule has 0 aliphatic carbocycles. The number of carbonyl (C=O) groups is 1. The van der Waals surface area contributed by atoms with Crippen molar-refractivity contribution in [2.24, 2.45) is 0 Å². The molecule has 7 heteroatoms. The minimum Gasteiger partial charge on any atom is -0.374 e. The molecule has 0 saturated carbocycles. The first-order chi connectivity index (χ1) is 9.26. The number of rotatable bonds is 6. The molecule has 0 heterocycles. The van der Waals surface area contributed by atoms with Crippen molar-refractivity contribution in [3.05, 3.63) is 38.9 Å². The highest BCUT2D eigenvalue weighted by Crippen LogP contribution is 2.22. The van der Waals surface area contributed by atoms with Crippen molar-refractivity contribution < 1.29 is 14.5 Å². The summed E-state index contributed by atoms with van der Waals surface area (Å²) in [7, 11) is 0. The first kappa shape index (κ1) is 16.4. The van der Waals surface area contributed by atoms with Crippen LogP contribution in [0.25, 0.3) is 0 Å². The third-order valence-electron chi connectivity index (χ3n) is 2.62. The summed E-state index contributed by atoms with van der Waals surface area (Å²) in [6.07, 6.45) is 0. The minimum absolute atomic E-state index is 0.0770. The van der Waals surface area contributed by atoms with Crippen molar-refractivity contribution in [2.75, 3.05) is 13.2 Å². The molecular weight excluding hydrogens is 284 g/mol. The van der Waals surface area contributed by atoms with Crippen LogP contribution in [0.2, 0.25) is 5.02 Å². The first-order valence-electron chi connectivity index (χ1n) is 6.13. The summed E-state index contributed by atoms with van der Waals surface area (Å²) in [4.78, 5) is 22.1. The Bertz CT molecular complexity index is 517. The molecule has 0 radical (unpaired) electrons. The average Bonchev–Trinajstić information content (AvgIpc) is 2.36. The van der Waals surface area contributed by atoms with Crippen LogP contribution in [0.1, 0.15) is 31.1 Å². The summed E-state index contributed by atoms with van der Waals surface area (Å²) in [6.45, 7) is 6.35. The second kappa shape index (κ2) is 6.67. The van der Waals surface area contributed by atoms with Crippen LogP contribution in [-0.2, 0) is 4.74 Å². The molecule has 6 nitrogen and oxygen atoms in total. The van der Waals surface area contributed by atoms with E-state index in [0.717, 1.165) is 6.07 Å². The van der Waals surface area contributed by atoms with Crippen LogP contribution < -0.4 is 5.32 Å². The number of halogens is 1. The van der Waals surface area contributed by atoms with Crippen molar-refractivity contribution >= 4 is 23.2 Å². The third-order valence-corrected chi connectivity index (χ3v) is 2.94. The quantitative estimate of drug-likeness (QED) is 0.647. The molecule has 0 aliphatic rings. The summed E-state index contributed by atoms with van der Waals surface area (Å²) in [6, 6.07) is 3.75. The van der Waals surface area contributed by atoms with Crippen LogP contribution in [0, 0.1) is 10.1 Å². The molecular formula is C13H17ClN2O4. The summed E-state index contributed by atoms with van der Waals surface area (Å²) in [5, 5.41) is 13.5. The Kier molecular flexibility index (Phi) is 5.47. The van der Waals surface area contributed by atoms with Crippen molar-refractivity contribution in [1.29, 1.82) is 0 Å². The zero-order valence-corrected chi connectivity index (χ0v) is 12.4. The smallest absolute Gasteiger partial charge is 0.270 e. The Balaban J connectivity index is 2.82. The lowest BCUT2D eigenvalue weighted by molar-refractivity contribution is -0.384. The van der Waals surface area contributed by atoms with E-state index in [1.807, 2.05) is 20.8 Å². The molecule has 0 atom stereocenters. The lowest BCUT2D eigenvalue weighted by Crippen LogP contribution is -2.40. The maximum absolute atomic E-state index is 12.0. The number of hydrogen-bond donors (Lipinski definition) is 1. The number of nitrogens with zero attached hydrogens (tertiary/aromatic N) is 1. The highest BCUT2D eigenvalue weighted by atomic mass is 35.5. The summed E-state index contributed by atoms with van der Waals surface area (Å²) >= 11 is 5.89. The Labute approximate surface area is 122 Å². The van der Waals surface area contributed by atoms with Crippen molar-refractivity contribution in [1.82, 2.24) is 5.32 Å². The van der Waals surface area contributed by atoms with Crippen LogP contribution in [0.5, 0.6) is 0 Å². The maximum atomic E-state index is 12.0. The fraction of sp³-hybridized carbons (Fsp3) is 0.462. The Hall–Kier alpha value is -1.66. The topological polar surface area (TPSA) is 81.5 Å². The molecule has 1 amide bonds. The van der Waals surface area contributed by atoms with Gasteiger partial charge in [-0.1, -0.05) is 11.6 Å². The number of nitro groups is 1. The number of amides is 1. The van der Waals surface area contributed by atoms with Gasteiger partial charge in [0.15, 0.2) is 0 Å². The van der Waals surface area contributed by atoms with Gasteiger partial charge in [0.25, 0.3) is 11.6 Å². The van der Waals surface area contributed by atoms with Crippen LogP contribution in [-0.4, -0.2) is 29.6 Å². The number of hydrogen-bond acceptors (Lipinski definition) is 4. The summed E-state index contributed by atoms with van der Waals surface area (Å²) in [5.41, 5.74) is -0.616. The number of benzene rings is 1. The molecule has 1 aromatic carbocycles. The molecule has 1 rings (SSSR count). The van der Waals surface area contributed by atoms with E-state index in [1.54, 1.807) is 0 Å². The molecule has 0 unspecified atom stereocenters.